The van der Waals surface area contributed by atoms with Gasteiger partial charge in [0, 0.05) is 6.54 Å². The number of ether oxygens (including phenoxy) is 1. The molecule has 0 fully saturated rings. The third kappa shape index (κ3) is 3.46. The van der Waals surface area contributed by atoms with Crippen LogP contribution in [0.25, 0.3) is 11.2 Å². The molecule has 0 radical (unpaired) electrons. The van der Waals surface area contributed by atoms with Crippen molar-refractivity contribution >= 4 is 35.0 Å². The number of nitrogen functional groups attached to an aromatic ring is 1. The average molecular weight is 346 g/mol. The third-order valence-electron chi connectivity index (χ3n) is 3.54. The normalized spacial score (nSPS) is 10.9. The Morgan fingerprint density at radius 1 is 1.25 bits per heavy atom. The molecule has 0 aliphatic carbocycles. The van der Waals surface area contributed by atoms with Crippen molar-refractivity contribution in [2.75, 3.05) is 12.3 Å². The van der Waals surface area contributed by atoms with E-state index >= 15 is 0 Å². The van der Waals surface area contributed by atoms with Gasteiger partial charge in [-0.2, -0.15) is 9.97 Å². The molecule has 1 aromatic carbocycles. The Kier molecular flexibility index (Phi) is 4.90. The van der Waals surface area contributed by atoms with Crippen LogP contribution in [0.2, 0.25) is 5.15 Å². The van der Waals surface area contributed by atoms with Gasteiger partial charge in [0.2, 0.25) is 5.95 Å². The Labute approximate surface area is 143 Å². The van der Waals surface area contributed by atoms with E-state index in [0.29, 0.717) is 35.6 Å². The molecule has 0 unspecified atom stereocenters. The van der Waals surface area contributed by atoms with Crippen molar-refractivity contribution in [2.24, 2.45) is 0 Å². The number of fused-ring (bicyclic) bond motifs is 1. The highest BCUT2D eigenvalue weighted by molar-refractivity contribution is 6.33. The first-order chi connectivity index (χ1) is 11.7. The van der Waals surface area contributed by atoms with Gasteiger partial charge in [0.1, 0.15) is 11.3 Å². The van der Waals surface area contributed by atoms with Gasteiger partial charge in [0.05, 0.1) is 18.5 Å². The zero-order valence-electron chi connectivity index (χ0n) is 12.9. The van der Waals surface area contributed by atoms with Gasteiger partial charge in [-0.1, -0.05) is 23.7 Å². The van der Waals surface area contributed by atoms with Crippen LogP contribution in [0.3, 0.4) is 0 Å². The van der Waals surface area contributed by atoms with Crippen LogP contribution in [-0.4, -0.2) is 32.4 Å². The predicted molar refractivity (Wildman–Crippen MR) is 91.3 cm³/mol. The topological polar surface area (TPSA) is 95.9 Å². The van der Waals surface area contributed by atoms with Crippen molar-refractivity contribution in [3.63, 3.8) is 0 Å². The molecule has 0 bridgehead atoms. The molecule has 2 heterocycles. The third-order valence-corrected chi connectivity index (χ3v) is 3.80. The first-order valence-electron chi connectivity index (χ1n) is 7.50. The van der Waals surface area contributed by atoms with Gasteiger partial charge in [0.15, 0.2) is 17.1 Å². The number of carbonyl (C=O) groups excluding carboxylic acids is 1. The Hall–Kier alpha value is -2.67. The molecule has 0 spiro atoms. The van der Waals surface area contributed by atoms with Gasteiger partial charge < -0.3 is 15.0 Å². The lowest BCUT2D eigenvalue weighted by molar-refractivity contribution is 0.111. The van der Waals surface area contributed by atoms with Crippen molar-refractivity contribution in [1.29, 1.82) is 0 Å². The fourth-order valence-electron chi connectivity index (χ4n) is 2.36. The fraction of sp³-hybridized carbons (Fsp3) is 0.250. The maximum atomic E-state index is 10.9. The van der Waals surface area contributed by atoms with Gasteiger partial charge in [-0.3, -0.25) is 4.79 Å². The summed E-state index contributed by atoms with van der Waals surface area (Å²) in [5.74, 6) is 0.732. The number of anilines is 1. The summed E-state index contributed by atoms with van der Waals surface area (Å²) < 4.78 is 7.54. The quantitative estimate of drug-likeness (QED) is 0.402. The van der Waals surface area contributed by atoms with E-state index in [0.717, 1.165) is 19.1 Å². The maximum Gasteiger partial charge on any atom is 0.223 e. The number of rotatable bonds is 7. The molecule has 7 nitrogen and oxygen atoms in total. The summed E-state index contributed by atoms with van der Waals surface area (Å²) >= 11 is 6.00. The van der Waals surface area contributed by atoms with Crippen LogP contribution in [0.1, 0.15) is 23.2 Å². The second kappa shape index (κ2) is 7.27. The van der Waals surface area contributed by atoms with Gasteiger partial charge in [-0.15, -0.1) is 0 Å². The SMILES string of the molecule is Nc1nc(Cl)c2ncn(CCCCOc3ccccc3C=O)c2n1. The van der Waals surface area contributed by atoms with E-state index in [2.05, 4.69) is 15.0 Å². The lowest BCUT2D eigenvalue weighted by Gasteiger charge is -2.08. The minimum absolute atomic E-state index is 0.128. The number of hydrogen-bond donors (Lipinski definition) is 1. The van der Waals surface area contributed by atoms with Crippen molar-refractivity contribution < 1.29 is 9.53 Å². The van der Waals surface area contributed by atoms with Crippen LogP contribution in [0.5, 0.6) is 5.75 Å². The minimum atomic E-state index is 0.128. The van der Waals surface area contributed by atoms with Crippen molar-refractivity contribution in [1.82, 2.24) is 19.5 Å². The number of para-hydroxylation sites is 1. The average Bonchev–Trinajstić information content (AvgIpc) is 2.98. The molecule has 2 aromatic heterocycles. The molecule has 3 aromatic rings. The molecule has 0 aliphatic rings. The van der Waals surface area contributed by atoms with Crippen molar-refractivity contribution in [3.8, 4) is 5.75 Å². The fourth-order valence-corrected chi connectivity index (χ4v) is 2.58. The monoisotopic (exact) mass is 345 g/mol. The molecule has 124 valence electrons. The Balaban J connectivity index is 1.55. The number of benzene rings is 1. The second-order valence-corrected chi connectivity index (χ2v) is 5.55. The van der Waals surface area contributed by atoms with Crippen LogP contribution in [-0.2, 0) is 6.54 Å². The molecule has 0 atom stereocenters. The van der Waals surface area contributed by atoms with Crippen LogP contribution in [0.15, 0.2) is 30.6 Å². The molecule has 24 heavy (non-hydrogen) atoms. The molecular weight excluding hydrogens is 330 g/mol. The number of hydrogen-bond acceptors (Lipinski definition) is 6. The van der Waals surface area contributed by atoms with Gasteiger partial charge in [-0.05, 0) is 25.0 Å². The largest absolute Gasteiger partial charge is 0.493 e. The number of aromatic nitrogens is 4. The maximum absolute atomic E-state index is 10.9. The number of imidazole rings is 1. The molecule has 8 heteroatoms. The number of carbonyl (C=O) groups is 1. The van der Waals surface area contributed by atoms with Gasteiger partial charge in [0.25, 0.3) is 0 Å². The van der Waals surface area contributed by atoms with E-state index < -0.39 is 0 Å². The Morgan fingerprint density at radius 2 is 2.08 bits per heavy atom. The lowest BCUT2D eigenvalue weighted by atomic mass is 10.2. The summed E-state index contributed by atoms with van der Waals surface area (Å²) in [6, 6.07) is 7.16. The van der Waals surface area contributed by atoms with E-state index in [1.165, 1.54) is 0 Å². The van der Waals surface area contributed by atoms with E-state index in [1.54, 1.807) is 24.5 Å². The number of halogens is 1. The molecule has 0 saturated heterocycles. The summed E-state index contributed by atoms with van der Waals surface area (Å²) in [5, 5.41) is 0.255. The van der Waals surface area contributed by atoms with Crippen LogP contribution < -0.4 is 10.5 Å². The number of aldehydes is 1. The van der Waals surface area contributed by atoms with E-state index in [1.807, 2.05) is 10.6 Å². The number of nitrogens with two attached hydrogens (primary N) is 1. The number of unbranched alkanes of at least 4 members (excludes halogenated alkanes) is 1. The second-order valence-electron chi connectivity index (χ2n) is 5.19. The van der Waals surface area contributed by atoms with Crippen LogP contribution >= 0.6 is 11.6 Å². The highest BCUT2D eigenvalue weighted by Crippen LogP contribution is 2.20. The van der Waals surface area contributed by atoms with Crippen molar-refractivity contribution in [2.45, 2.75) is 19.4 Å². The minimum Gasteiger partial charge on any atom is -0.493 e. The number of aryl methyl sites for hydroxylation is 1. The molecule has 3 rings (SSSR count). The van der Waals surface area contributed by atoms with Gasteiger partial charge >= 0.3 is 0 Å². The number of nitrogens with zero attached hydrogens (tertiary/aromatic N) is 4. The molecule has 2 N–H and O–H groups in total. The van der Waals surface area contributed by atoms with E-state index in [4.69, 9.17) is 22.1 Å². The van der Waals surface area contributed by atoms with E-state index in [-0.39, 0.29) is 11.1 Å². The summed E-state index contributed by atoms with van der Waals surface area (Å²) in [7, 11) is 0. The predicted octanol–water partition coefficient (Wildman–Crippen LogP) is 2.73. The summed E-state index contributed by atoms with van der Waals surface area (Å²) in [6.07, 6.45) is 4.14. The first kappa shape index (κ1) is 16.2. The highest BCUT2D eigenvalue weighted by Gasteiger charge is 2.10. The van der Waals surface area contributed by atoms with Crippen LogP contribution in [0.4, 0.5) is 5.95 Å². The summed E-state index contributed by atoms with van der Waals surface area (Å²) in [4.78, 5) is 23.2. The Bertz CT molecular complexity index is 865. The molecule has 0 amide bonds. The standard InChI is InChI=1S/C16H16ClN5O2/c17-14-13-15(21-16(18)20-14)22(10-19-13)7-3-4-8-24-12-6-2-1-5-11(12)9-23/h1-2,5-6,9-10H,3-4,7-8H2,(H2,18,20,21). The molecule has 0 aliphatic heterocycles. The van der Waals surface area contributed by atoms with E-state index in [9.17, 15) is 4.79 Å². The molecular formula is C16H16ClN5O2. The smallest absolute Gasteiger partial charge is 0.223 e. The summed E-state index contributed by atoms with van der Waals surface area (Å²) in [5.41, 5.74) is 7.35. The van der Waals surface area contributed by atoms with Gasteiger partial charge in [-0.25, -0.2) is 4.98 Å². The molecule has 0 saturated carbocycles. The highest BCUT2D eigenvalue weighted by atomic mass is 35.5. The Morgan fingerprint density at radius 3 is 2.92 bits per heavy atom. The zero-order valence-corrected chi connectivity index (χ0v) is 13.6. The van der Waals surface area contributed by atoms with Crippen molar-refractivity contribution in [3.05, 3.63) is 41.3 Å². The van der Waals surface area contributed by atoms with Crippen LogP contribution in [0, 0.1) is 0 Å². The zero-order chi connectivity index (χ0) is 16.9. The summed E-state index contributed by atoms with van der Waals surface area (Å²) in [6.45, 7) is 1.23. The lowest BCUT2D eigenvalue weighted by Crippen LogP contribution is -2.04. The first-order valence-corrected chi connectivity index (χ1v) is 7.87.